The summed E-state index contributed by atoms with van der Waals surface area (Å²) in [6.45, 7) is 4.26. The second kappa shape index (κ2) is 8.08. The maximum Gasteiger partial charge on any atom is 0.513 e. The smallest absolute Gasteiger partial charge is 0.449 e. The van der Waals surface area contributed by atoms with Gasteiger partial charge in [-0.15, -0.1) is 0 Å². The van der Waals surface area contributed by atoms with E-state index < -0.39 is 6.16 Å². The van der Waals surface area contributed by atoms with Crippen molar-refractivity contribution in [1.82, 2.24) is 4.90 Å². The van der Waals surface area contributed by atoms with Crippen LogP contribution in [0.15, 0.2) is 40.8 Å². The number of furan rings is 1. The molecule has 1 aromatic heterocycles. The van der Waals surface area contributed by atoms with Gasteiger partial charge < -0.3 is 24.1 Å². The molecule has 0 spiro atoms. The van der Waals surface area contributed by atoms with Gasteiger partial charge in [-0.25, -0.2) is 4.79 Å². The fourth-order valence-electron chi connectivity index (χ4n) is 3.71. The lowest BCUT2D eigenvalue weighted by Gasteiger charge is -2.37. The summed E-state index contributed by atoms with van der Waals surface area (Å²) >= 11 is 12.4. The van der Waals surface area contributed by atoms with E-state index in [2.05, 4.69) is 9.64 Å². The van der Waals surface area contributed by atoms with Crippen LogP contribution in [-0.4, -0.2) is 48.2 Å². The van der Waals surface area contributed by atoms with Gasteiger partial charge >= 0.3 is 6.16 Å². The number of ether oxygens (including phenoxy) is 1. The molecule has 0 aliphatic carbocycles. The highest BCUT2D eigenvalue weighted by atomic mass is 35.5. The fraction of sp³-hybridized carbons (Fsp3) is 0.238. The molecule has 1 aliphatic rings. The lowest BCUT2D eigenvalue weighted by molar-refractivity contribution is 0.0747. The minimum atomic E-state index is -1.42. The Balaban J connectivity index is 1.51. The molecule has 0 atom stereocenters. The summed E-state index contributed by atoms with van der Waals surface area (Å²) in [7, 11) is 0. The molecule has 0 bridgehead atoms. The van der Waals surface area contributed by atoms with Crippen molar-refractivity contribution in [1.29, 1.82) is 0 Å². The van der Waals surface area contributed by atoms with Gasteiger partial charge in [0.2, 0.25) is 0 Å². The molecule has 1 N–H and O–H groups in total. The zero-order valence-electron chi connectivity index (χ0n) is 16.0. The summed E-state index contributed by atoms with van der Waals surface area (Å²) in [5.74, 6) is -0.243. The molecule has 30 heavy (non-hydrogen) atoms. The number of halogens is 2. The summed E-state index contributed by atoms with van der Waals surface area (Å²) in [5.41, 5.74) is 2.82. The first-order chi connectivity index (χ1) is 14.3. The van der Waals surface area contributed by atoms with Crippen molar-refractivity contribution in [3.8, 4) is 5.95 Å². The average Bonchev–Trinajstić information content (AvgIpc) is 3.11. The normalized spacial score (nSPS) is 14.2. The van der Waals surface area contributed by atoms with Crippen molar-refractivity contribution in [2.24, 2.45) is 0 Å². The maximum atomic E-state index is 12.9. The number of rotatable bonds is 3. The van der Waals surface area contributed by atoms with E-state index in [0.29, 0.717) is 47.4 Å². The van der Waals surface area contributed by atoms with Crippen LogP contribution in [0.2, 0.25) is 10.0 Å². The van der Waals surface area contributed by atoms with Crippen LogP contribution < -0.4 is 9.64 Å². The minimum Gasteiger partial charge on any atom is -0.449 e. The van der Waals surface area contributed by atoms with Gasteiger partial charge in [0.1, 0.15) is 5.58 Å². The monoisotopic (exact) mass is 448 g/mol. The van der Waals surface area contributed by atoms with Crippen molar-refractivity contribution >= 4 is 51.9 Å². The number of hydrogen-bond acceptors (Lipinski definition) is 5. The molecule has 0 radical (unpaired) electrons. The van der Waals surface area contributed by atoms with Gasteiger partial charge in [0.05, 0.1) is 15.6 Å². The number of carbonyl (C=O) groups excluding carboxylic acids is 1. The molecule has 2 heterocycles. The van der Waals surface area contributed by atoms with E-state index in [0.717, 1.165) is 16.6 Å². The summed E-state index contributed by atoms with van der Waals surface area (Å²) in [6.07, 6.45) is -1.42. The lowest BCUT2D eigenvalue weighted by atomic mass is 10.1. The van der Waals surface area contributed by atoms with E-state index in [1.807, 2.05) is 13.0 Å². The second-order valence-corrected chi connectivity index (χ2v) is 7.75. The van der Waals surface area contributed by atoms with Crippen molar-refractivity contribution in [3.05, 3.63) is 57.6 Å². The third-order valence-corrected chi connectivity index (χ3v) is 5.82. The van der Waals surface area contributed by atoms with Gasteiger partial charge in [-0.2, -0.15) is 0 Å². The first-order valence-electron chi connectivity index (χ1n) is 9.27. The van der Waals surface area contributed by atoms with Crippen LogP contribution in [0.3, 0.4) is 0 Å². The zero-order valence-corrected chi connectivity index (χ0v) is 17.5. The highest BCUT2D eigenvalue weighted by Gasteiger charge is 2.26. The van der Waals surface area contributed by atoms with Crippen LogP contribution in [0.4, 0.5) is 10.5 Å². The van der Waals surface area contributed by atoms with Gasteiger partial charge in [-0.3, -0.25) is 4.79 Å². The number of benzene rings is 2. The van der Waals surface area contributed by atoms with Gasteiger partial charge in [0, 0.05) is 43.3 Å². The van der Waals surface area contributed by atoms with Crippen LogP contribution in [0.1, 0.15) is 15.9 Å². The second-order valence-electron chi connectivity index (χ2n) is 6.93. The number of fused-ring (bicyclic) bond motifs is 1. The number of carboxylic acid groups (broad SMARTS) is 1. The molecule has 0 saturated carbocycles. The maximum absolute atomic E-state index is 12.9. The highest BCUT2D eigenvalue weighted by molar-refractivity contribution is 6.39. The molecule has 3 aromatic rings. The largest absolute Gasteiger partial charge is 0.513 e. The molecular formula is C21H18Cl2N2O5. The van der Waals surface area contributed by atoms with Gasteiger partial charge in [-0.1, -0.05) is 29.3 Å². The number of nitrogens with zero attached hydrogens (tertiary/aromatic N) is 2. The van der Waals surface area contributed by atoms with E-state index in [1.54, 1.807) is 35.2 Å². The number of piperazine rings is 1. The SMILES string of the molecule is Cc1c(N2CCN(C(=O)c3c(Cl)cccc3Cl)CC2)ccc2oc(OC(=O)O)cc12. The summed E-state index contributed by atoms with van der Waals surface area (Å²) < 4.78 is 10.0. The zero-order chi connectivity index (χ0) is 21.4. The Kier molecular flexibility index (Phi) is 5.49. The number of anilines is 1. The standard InChI is InChI=1S/C21H18Cl2N2O5/c1-12-13-11-18(30-21(27)28)29-17(13)6-5-16(12)24-7-9-25(10-8-24)20(26)19-14(22)3-2-4-15(19)23/h2-6,11H,7-10H2,1H3,(H,27,28). The molecule has 156 valence electrons. The Bertz CT molecular complexity index is 1120. The summed E-state index contributed by atoms with van der Waals surface area (Å²) in [4.78, 5) is 27.5. The molecule has 0 unspecified atom stereocenters. The Hall–Kier alpha value is -2.90. The topological polar surface area (TPSA) is 83.2 Å². The Morgan fingerprint density at radius 2 is 1.73 bits per heavy atom. The van der Waals surface area contributed by atoms with Crippen LogP contribution >= 0.6 is 23.2 Å². The summed E-state index contributed by atoms with van der Waals surface area (Å²) in [5, 5.41) is 10.2. The predicted molar refractivity (Wildman–Crippen MR) is 114 cm³/mol. The van der Waals surface area contributed by atoms with Crippen molar-refractivity contribution < 1.29 is 23.8 Å². The van der Waals surface area contributed by atoms with E-state index in [1.165, 1.54) is 0 Å². The third-order valence-electron chi connectivity index (χ3n) is 5.19. The number of aryl methyl sites for hydroxylation is 1. The van der Waals surface area contributed by atoms with E-state index in [4.69, 9.17) is 32.7 Å². The molecule has 1 saturated heterocycles. The molecule has 9 heteroatoms. The Morgan fingerprint density at radius 1 is 1.07 bits per heavy atom. The molecule has 2 aromatic carbocycles. The molecule has 4 rings (SSSR count). The van der Waals surface area contributed by atoms with Crippen molar-refractivity contribution in [3.63, 3.8) is 0 Å². The van der Waals surface area contributed by atoms with Crippen molar-refractivity contribution in [2.45, 2.75) is 6.92 Å². The van der Waals surface area contributed by atoms with Crippen LogP contribution in [0.5, 0.6) is 5.95 Å². The lowest BCUT2D eigenvalue weighted by Crippen LogP contribution is -2.49. The quantitative estimate of drug-likeness (QED) is 0.563. The molecule has 1 amide bonds. The first-order valence-corrected chi connectivity index (χ1v) is 10.0. The van der Waals surface area contributed by atoms with Crippen LogP contribution in [0.25, 0.3) is 11.0 Å². The molecule has 7 nitrogen and oxygen atoms in total. The Labute approximate surface area is 182 Å². The fourth-order valence-corrected chi connectivity index (χ4v) is 4.26. The minimum absolute atomic E-state index is 0.0650. The van der Waals surface area contributed by atoms with Crippen molar-refractivity contribution in [2.75, 3.05) is 31.1 Å². The highest BCUT2D eigenvalue weighted by Crippen LogP contribution is 2.34. The Morgan fingerprint density at radius 3 is 2.37 bits per heavy atom. The van der Waals surface area contributed by atoms with E-state index in [9.17, 15) is 9.59 Å². The summed E-state index contributed by atoms with van der Waals surface area (Å²) in [6, 6.07) is 10.3. The third kappa shape index (κ3) is 3.78. The van der Waals surface area contributed by atoms with Gasteiger partial charge in [0.25, 0.3) is 11.9 Å². The predicted octanol–water partition coefficient (Wildman–Crippen LogP) is 5.07. The number of carbonyl (C=O) groups is 2. The van der Waals surface area contributed by atoms with Gasteiger partial charge in [0.15, 0.2) is 0 Å². The van der Waals surface area contributed by atoms with Gasteiger partial charge in [-0.05, 0) is 36.8 Å². The molecule has 1 aliphatic heterocycles. The average molecular weight is 449 g/mol. The number of amides is 1. The van der Waals surface area contributed by atoms with E-state index in [-0.39, 0.29) is 11.9 Å². The van der Waals surface area contributed by atoms with Crippen LogP contribution in [0, 0.1) is 6.92 Å². The number of hydrogen-bond donors (Lipinski definition) is 1. The molecule has 1 fully saturated rings. The van der Waals surface area contributed by atoms with Crippen LogP contribution in [-0.2, 0) is 0 Å². The van der Waals surface area contributed by atoms with E-state index >= 15 is 0 Å². The molecular weight excluding hydrogens is 431 g/mol. The first kappa shape index (κ1) is 20.4.